The first-order valence-electron chi connectivity index (χ1n) is 4.07. The van der Waals surface area contributed by atoms with Gasteiger partial charge in [0.25, 0.3) is 0 Å². The molecule has 2 nitrogen and oxygen atoms in total. The first-order valence-corrected chi connectivity index (χ1v) is 5.96. The van der Waals surface area contributed by atoms with Gasteiger partial charge in [-0.25, -0.2) is 0 Å². The van der Waals surface area contributed by atoms with E-state index in [9.17, 15) is 0 Å². The van der Waals surface area contributed by atoms with Gasteiger partial charge < -0.3 is 10.0 Å². The predicted molar refractivity (Wildman–Crippen MR) is 69.9 cm³/mol. The van der Waals surface area contributed by atoms with Crippen molar-refractivity contribution in [3.8, 4) is 0 Å². The van der Waals surface area contributed by atoms with E-state index in [0.29, 0.717) is 5.56 Å². The Balaban J connectivity index is 3.07. The maximum atomic E-state index is 8.89. The minimum atomic E-state index is -1.89. The summed E-state index contributed by atoms with van der Waals surface area (Å²) in [7, 11) is -1.57. The van der Waals surface area contributed by atoms with Crippen LogP contribution in [0.25, 0.3) is 0 Å². The molecule has 1 rings (SSSR count). The third-order valence-electron chi connectivity index (χ3n) is 1.93. The van der Waals surface area contributed by atoms with Gasteiger partial charge in [-0.05, 0) is 11.0 Å². The zero-order valence-electron chi connectivity index (χ0n) is 7.67. The van der Waals surface area contributed by atoms with Crippen molar-refractivity contribution in [2.75, 3.05) is 0 Å². The molecule has 0 heterocycles. The predicted octanol–water partition coefficient (Wildman–Crippen LogP) is 2.37. The molecular weight excluding hydrogens is 316 g/mol. The van der Waals surface area contributed by atoms with Crippen molar-refractivity contribution in [2.45, 2.75) is 8.13 Å². The van der Waals surface area contributed by atoms with Crippen LogP contribution in [-0.4, -0.2) is 21.0 Å². The highest BCUT2D eigenvalue weighted by atomic mass is 35.6. The van der Waals surface area contributed by atoms with Crippen LogP contribution in [0.3, 0.4) is 0 Å². The van der Waals surface area contributed by atoms with Gasteiger partial charge in [-0.3, -0.25) is 0 Å². The van der Waals surface area contributed by atoms with E-state index < -0.39 is 15.2 Å². The number of hydrogen-bond acceptors (Lipinski definition) is 2. The molecule has 0 aromatic heterocycles. The van der Waals surface area contributed by atoms with Gasteiger partial charge in [0.05, 0.1) is 0 Å². The number of hydrogen-bond donors (Lipinski definition) is 2. The van der Waals surface area contributed by atoms with Gasteiger partial charge in [-0.1, -0.05) is 82.3 Å². The average molecular weight is 322 g/mol. The van der Waals surface area contributed by atoms with Crippen molar-refractivity contribution in [1.82, 2.24) is 0 Å². The van der Waals surface area contributed by atoms with Crippen LogP contribution in [0.5, 0.6) is 0 Å². The number of halogens is 5. The second-order valence-electron chi connectivity index (χ2n) is 3.07. The third kappa shape index (κ3) is 3.11. The molecule has 0 saturated carbocycles. The van der Waals surface area contributed by atoms with Crippen LogP contribution >= 0.6 is 58.0 Å². The third-order valence-corrected chi connectivity index (χ3v) is 4.36. The van der Waals surface area contributed by atoms with Gasteiger partial charge in [-0.15, -0.1) is 0 Å². The lowest BCUT2D eigenvalue weighted by Crippen LogP contribution is -2.32. The Morgan fingerprint density at radius 2 is 1.31 bits per heavy atom. The summed E-state index contributed by atoms with van der Waals surface area (Å²) in [6.07, 6.45) is 0. The van der Waals surface area contributed by atoms with E-state index in [1.807, 2.05) is 0 Å². The zero-order chi connectivity index (χ0) is 12.6. The maximum absolute atomic E-state index is 8.89. The van der Waals surface area contributed by atoms with Crippen LogP contribution in [0.15, 0.2) is 24.3 Å². The largest absolute Gasteiger partial charge is 0.488 e. The highest BCUT2D eigenvalue weighted by Crippen LogP contribution is 2.52. The van der Waals surface area contributed by atoms with Gasteiger partial charge in [0.15, 0.2) is 4.33 Å². The van der Waals surface area contributed by atoms with Gasteiger partial charge in [-0.2, -0.15) is 0 Å². The van der Waals surface area contributed by atoms with E-state index in [2.05, 4.69) is 0 Å². The van der Waals surface area contributed by atoms with Crippen molar-refractivity contribution in [1.29, 1.82) is 0 Å². The van der Waals surface area contributed by atoms with Crippen LogP contribution in [0.1, 0.15) is 5.56 Å². The minimum absolute atomic E-state index is 0.289. The van der Waals surface area contributed by atoms with E-state index >= 15 is 0 Å². The normalized spacial score (nSPS) is 12.7. The molecule has 1 aromatic rings. The Morgan fingerprint density at radius 1 is 0.875 bits per heavy atom. The highest BCUT2D eigenvalue weighted by molar-refractivity contribution is 6.75. The monoisotopic (exact) mass is 320 g/mol. The number of alkyl halides is 5. The average Bonchev–Trinajstić information content (AvgIpc) is 2.16. The fraction of sp³-hybridized carbons (Fsp3) is 0.250. The van der Waals surface area contributed by atoms with Crippen LogP contribution < -0.4 is 5.46 Å². The second-order valence-corrected chi connectivity index (χ2v) is 6.68. The first kappa shape index (κ1) is 14.7. The Hall–Kier alpha value is 0.655. The molecule has 0 saturated heterocycles. The molecule has 0 fully saturated rings. The molecule has 0 aliphatic rings. The van der Waals surface area contributed by atoms with E-state index in [1.54, 1.807) is 0 Å². The lowest BCUT2D eigenvalue weighted by atomic mass is 9.80. The Labute approximate surface area is 118 Å². The van der Waals surface area contributed by atoms with E-state index in [-0.39, 0.29) is 5.46 Å². The molecule has 0 aliphatic carbocycles. The van der Waals surface area contributed by atoms with Crippen molar-refractivity contribution in [3.05, 3.63) is 29.8 Å². The lowest BCUT2D eigenvalue weighted by molar-refractivity contribution is 0.426. The summed E-state index contributed by atoms with van der Waals surface area (Å²) in [5.41, 5.74) is 0.637. The van der Waals surface area contributed by atoms with Crippen LogP contribution in [0.2, 0.25) is 0 Å². The van der Waals surface area contributed by atoms with Crippen LogP contribution in [-0.2, 0) is 4.33 Å². The Morgan fingerprint density at radius 3 is 1.62 bits per heavy atom. The maximum Gasteiger partial charge on any atom is 0.488 e. The molecule has 0 bridgehead atoms. The Kier molecular flexibility index (Phi) is 4.70. The topological polar surface area (TPSA) is 40.5 Å². The summed E-state index contributed by atoms with van der Waals surface area (Å²) < 4.78 is -3.61. The lowest BCUT2D eigenvalue weighted by Gasteiger charge is -2.27. The molecule has 1 aromatic carbocycles. The summed E-state index contributed by atoms with van der Waals surface area (Å²) in [5, 5.41) is 17.8. The van der Waals surface area contributed by atoms with E-state index in [1.165, 1.54) is 24.3 Å². The van der Waals surface area contributed by atoms with Gasteiger partial charge in [0, 0.05) is 0 Å². The quantitative estimate of drug-likeness (QED) is 0.648. The van der Waals surface area contributed by atoms with Gasteiger partial charge >= 0.3 is 7.12 Å². The first-order chi connectivity index (χ1) is 7.16. The second kappa shape index (κ2) is 5.11. The molecule has 88 valence electrons. The van der Waals surface area contributed by atoms with Crippen molar-refractivity contribution in [3.63, 3.8) is 0 Å². The molecule has 0 unspecified atom stereocenters. The molecule has 16 heavy (non-hydrogen) atoms. The summed E-state index contributed by atoms with van der Waals surface area (Å²) in [4.78, 5) is 0. The van der Waals surface area contributed by atoms with Crippen molar-refractivity contribution >= 4 is 70.6 Å². The van der Waals surface area contributed by atoms with Crippen molar-refractivity contribution < 1.29 is 10.0 Å². The molecule has 0 atom stereocenters. The van der Waals surface area contributed by atoms with E-state index in [4.69, 9.17) is 68.1 Å². The molecule has 8 heteroatoms. The molecule has 0 amide bonds. The summed E-state index contributed by atoms with van der Waals surface area (Å²) >= 11 is 28.7. The Bertz CT molecular complexity index is 360. The van der Waals surface area contributed by atoms with Gasteiger partial charge in [0.2, 0.25) is 3.79 Å². The fourth-order valence-corrected chi connectivity index (χ4v) is 1.61. The summed E-state index contributed by atoms with van der Waals surface area (Å²) in [6, 6.07) is 5.76. The molecule has 2 N–H and O–H groups in total. The molecular formula is C8H6BCl5O2. The SMILES string of the molecule is OB(O)c1ccc(C(Cl)(Cl)C(Cl)(Cl)Cl)cc1. The summed E-state index contributed by atoms with van der Waals surface area (Å²) in [5.74, 6) is 0. The fourth-order valence-electron chi connectivity index (χ4n) is 1.03. The van der Waals surface area contributed by atoms with Crippen LogP contribution in [0.4, 0.5) is 0 Å². The number of benzene rings is 1. The summed E-state index contributed by atoms with van der Waals surface area (Å²) in [6.45, 7) is 0. The van der Waals surface area contributed by atoms with Crippen molar-refractivity contribution in [2.24, 2.45) is 0 Å². The molecule has 0 spiro atoms. The minimum Gasteiger partial charge on any atom is -0.423 e. The number of rotatable bonds is 2. The van der Waals surface area contributed by atoms with Crippen LogP contribution in [0, 0.1) is 0 Å². The molecule has 0 aliphatic heterocycles. The van der Waals surface area contributed by atoms with Gasteiger partial charge in [0.1, 0.15) is 0 Å². The zero-order valence-corrected chi connectivity index (χ0v) is 11.5. The standard InChI is InChI=1S/C8H6BCl5O2/c10-7(11,8(12,13)14)5-1-3-6(4-2-5)9(15)16/h1-4,15-16H. The highest BCUT2D eigenvalue weighted by Gasteiger charge is 2.47. The van der Waals surface area contributed by atoms with E-state index in [0.717, 1.165) is 0 Å². The molecule has 0 radical (unpaired) electrons. The smallest absolute Gasteiger partial charge is 0.423 e.